The van der Waals surface area contributed by atoms with Gasteiger partial charge in [0.1, 0.15) is 0 Å². The molecule has 0 amide bonds. The van der Waals surface area contributed by atoms with Crippen LogP contribution in [0.3, 0.4) is 0 Å². The van der Waals surface area contributed by atoms with Crippen molar-refractivity contribution in [3.05, 3.63) is 83.9 Å². The average Bonchev–Trinajstić information content (AvgIpc) is 3.10. The number of sulfonamides is 1. The number of pyridine rings is 1. The van der Waals surface area contributed by atoms with Gasteiger partial charge in [0.2, 0.25) is 10.0 Å². The third-order valence-electron chi connectivity index (χ3n) is 4.64. The maximum absolute atomic E-state index is 13.3. The molecule has 5 nitrogen and oxygen atoms in total. The maximum Gasteiger partial charge on any atom is 0.244 e. The van der Waals surface area contributed by atoms with E-state index in [1.165, 1.54) is 0 Å². The van der Waals surface area contributed by atoms with Gasteiger partial charge < -0.3 is 4.57 Å². The lowest BCUT2D eigenvalue weighted by Gasteiger charge is -2.36. The molecule has 128 valence electrons. The van der Waals surface area contributed by atoms with Crippen molar-refractivity contribution in [3.8, 4) is 0 Å². The average molecular weight is 353 g/mol. The Hall–Kier alpha value is -2.44. The molecule has 1 aromatic carbocycles. The number of rotatable bonds is 3. The Morgan fingerprint density at radius 2 is 1.72 bits per heavy atom. The second kappa shape index (κ2) is 6.13. The zero-order chi connectivity index (χ0) is 17.4. The molecule has 0 bridgehead atoms. The molecule has 0 fully saturated rings. The van der Waals surface area contributed by atoms with E-state index in [0.29, 0.717) is 18.0 Å². The van der Waals surface area contributed by atoms with E-state index in [1.54, 1.807) is 28.8 Å². The maximum atomic E-state index is 13.3. The van der Waals surface area contributed by atoms with Crippen molar-refractivity contribution >= 4 is 10.0 Å². The van der Waals surface area contributed by atoms with Gasteiger partial charge in [0.25, 0.3) is 0 Å². The van der Waals surface area contributed by atoms with Gasteiger partial charge in [0, 0.05) is 37.4 Å². The van der Waals surface area contributed by atoms with E-state index >= 15 is 0 Å². The Morgan fingerprint density at radius 3 is 2.44 bits per heavy atom. The van der Waals surface area contributed by atoms with Crippen LogP contribution in [0.5, 0.6) is 0 Å². The predicted molar refractivity (Wildman–Crippen MR) is 95.6 cm³/mol. The Labute approximate surface area is 147 Å². The van der Waals surface area contributed by atoms with Crippen LogP contribution in [-0.4, -0.2) is 28.8 Å². The first-order valence-corrected chi connectivity index (χ1v) is 9.65. The highest BCUT2D eigenvalue weighted by Gasteiger charge is 2.37. The van der Waals surface area contributed by atoms with E-state index in [0.717, 1.165) is 16.8 Å². The lowest BCUT2D eigenvalue weighted by Crippen LogP contribution is -2.42. The molecule has 25 heavy (non-hydrogen) atoms. The summed E-state index contributed by atoms with van der Waals surface area (Å²) in [5.41, 5.74) is 2.94. The fourth-order valence-electron chi connectivity index (χ4n) is 3.35. The van der Waals surface area contributed by atoms with Crippen LogP contribution in [-0.2, 0) is 16.6 Å². The van der Waals surface area contributed by atoms with Gasteiger partial charge >= 0.3 is 0 Å². The second-order valence-corrected chi connectivity index (χ2v) is 8.13. The van der Waals surface area contributed by atoms with E-state index in [4.69, 9.17) is 0 Å². The van der Waals surface area contributed by atoms with Gasteiger partial charge in [-0.3, -0.25) is 4.98 Å². The Bertz CT molecular complexity index is 979. The molecular formula is C19H19N3O2S. The molecule has 0 aliphatic carbocycles. The number of nitrogens with zero attached hydrogens (tertiary/aromatic N) is 3. The Kier molecular flexibility index (Phi) is 3.94. The van der Waals surface area contributed by atoms with Gasteiger partial charge in [-0.2, -0.15) is 4.31 Å². The summed E-state index contributed by atoms with van der Waals surface area (Å²) >= 11 is 0. The third kappa shape index (κ3) is 2.77. The molecule has 1 unspecified atom stereocenters. The predicted octanol–water partition coefficient (Wildman–Crippen LogP) is 2.99. The number of benzene rings is 1. The molecule has 2 aromatic heterocycles. The second-order valence-electron chi connectivity index (χ2n) is 6.24. The highest BCUT2D eigenvalue weighted by atomic mass is 32.2. The van der Waals surface area contributed by atoms with Crippen LogP contribution < -0.4 is 0 Å². The van der Waals surface area contributed by atoms with Crippen molar-refractivity contribution in [3.63, 3.8) is 0 Å². The number of hydrogen-bond acceptors (Lipinski definition) is 3. The normalized spacial score (nSPS) is 18.0. The molecule has 0 spiro atoms. The van der Waals surface area contributed by atoms with Crippen LogP contribution in [0.25, 0.3) is 0 Å². The number of hydrogen-bond donors (Lipinski definition) is 0. The highest BCUT2D eigenvalue weighted by Crippen LogP contribution is 2.36. The lowest BCUT2D eigenvalue weighted by atomic mass is 10.0. The van der Waals surface area contributed by atoms with Gasteiger partial charge in [0.15, 0.2) is 0 Å². The molecule has 1 aliphatic heterocycles. The topological polar surface area (TPSA) is 55.2 Å². The summed E-state index contributed by atoms with van der Waals surface area (Å²) in [6.45, 7) is 3.03. The summed E-state index contributed by atoms with van der Waals surface area (Å²) in [6.07, 6.45) is 5.40. The first-order chi connectivity index (χ1) is 12.1. The molecule has 3 heterocycles. The monoisotopic (exact) mass is 353 g/mol. The van der Waals surface area contributed by atoms with Crippen LogP contribution in [0.2, 0.25) is 0 Å². The SMILES string of the molecule is Cc1ccc(S(=O)(=O)N2CCn3cccc3C2c2ccncc2)cc1. The zero-order valence-corrected chi connectivity index (χ0v) is 14.7. The number of aromatic nitrogens is 2. The highest BCUT2D eigenvalue weighted by molar-refractivity contribution is 7.89. The van der Waals surface area contributed by atoms with E-state index < -0.39 is 10.0 Å². The summed E-state index contributed by atoms with van der Waals surface area (Å²) < 4.78 is 30.3. The van der Waals surface area contributed by atoms with Crippen molar-refractivity contribution in [2.24, 2.45) is 0 Å². The molecule has 1 atom stereocenters. The molecule has 4 rings (SSSR count). The van der Waals surface area contributed by atoms with Crippen LogP contribution in [0.1, 0.15) is 22.9 Å². The minimum Gasteiger partial charge on any atom is -0.348 e. The van der Waals surface area contributed by atoms with Crippen LogP contribution in [0.4, 0.5) is 0 Å². The molecular weight excluding hydrogens is 334 g/mol. The molecule has 6 heteroatoms. The Morgan fingerprint density at radius 1 is 1.00 bits per heavy atom. The standard InChI is InChI=1S/C19H19N3O2S/c1-15-4-6-17(7-5-15)25(23,24)22-14-13-21-12-2-3-18(21)19(22)16-8-10-20-11-9-16/h2-12,19H,13-14H2,1H3. The van der Waals surface area contributed by atoms with Gasteiger partial charge in [-0.15, -0.1) is 0 Å². The van der Waals surface area contributed by atoms with Crippen molar-refractivity contribution in [2.45, 2.75) is 24.4 Å². The minimum atomic E-state index is -3.60. The van der Waals surface area contributed by atoms with Gasteiger partial charge in [-0.1, -0.05) is 17.7 Å². The van der Waals surface area contributed by atoms with Crippen LogP contribution >= 0.6 is 0 Å². The van der Waals surface area contributed by atoms with Crippen LogP contribution in [0, 0.1) is 6.92 Å². The van der Waals surface area contributed by atoms with E-state index in [1.807, 2.05) is 49.5 Å². The molecule has 0 N–H and O–H groups in total. The first kappa shape index (κ1) is 16.1. The molecule has 3 aromatic rings. The first-order valence-electron chi connectivity index (χ1n) is 8.21. The molecule has 0 saturated heterocycles. The summed E-state index contributed by atoms with van der Waals surface area (Å²) in [6, 6.07) is 14.4. The number of fused-ring (bicyclic) bond motifs is 1. The van der Waals surface area contributed by atoms with Crippen LogP contribution in [0.15, 0.2) is 72.0 Å². The molecule has 0 radical (unpaired) electrons. The molecule has 1 aliphatic rings. The van der Waals surface area contributed by atoms with E-state index in [9.17, 15) is 8.42 Å². The number of aryl methyl sites for hydroxylation is 1. The fraction of sp³-hybridized carbons (Fsp3) is 0.211. The largest absolute Gasteiger partial charge is 0.348 e. The summed E-state index contributed by atoms with van der Waals surface area (Å²) in [4.78, 5) is 4.39. The smallest absolute Gasteiger partial charge is 0.244 e. The summed E-state index contributed by atoms with van der Waals surface area (Å²) in [5, 5.41) is 0. The van der Waals surface area contributed by atoms with Gasteiger partial charge in [-0.05, 0) is 48.9 Å². The fourth-order valence-corrected chi connectivity index (χ4v) is 4.93. The summed E-state index contributed by atoms with van der Waals surface area (Å²) in [5.74, 6) is 0. The third-order valence-corrected chi connectivity index (χ3v) is 6.52. The van der Waals surface area contributed by atoms with Crippen molar-refractivity contribution in [1.29, 1.82) is 0 Å². The van der Waals surface area contributed by atoms with E-state index in [2.05, 4.69) is 9.55 Å². The van der Waals surface area contributed by atoms with Gasteiger partial charge in [0.05, 0.1) is 10.9 Å². The van der Waals surface area contributed by atoms with Crippen molar-refractivity contribution < 1.29 is 8.42 Å². The van der Waals surface area contributed by atoms with E-state index in [-0.39, 0.29) is 6.04 Å². The van der Waals surface area contributed by atoms with Crippen molar-refractivity contribution in [1.82, 2.24) is 13.9 Å². The zero-order valence-electron chi connectivity index (χ0n) is 13.9. The quantitative estimate of drug-likeness (QED) is 0.727. The lowest BCUT2D eigenvalue weighted by molar-refractivity contribution is 0.298. The minimum absolute atomic E-state index is 0.331. The summed E-state index contributed by atoms with van der Waals surface area (Å²) in [7, 11) is -3.60. The Balaban J connectivity index is 1.84. The molecule has 0 saturated carbocycles. The van der Waals surface area contributed by atoms with Crippen molar-refractivity contribution in [2.75, 3.05) is 6.54 Å². The van der Waals surface area contributed by atoms with Gasteiger partial charge in [-0.25, -0.2) is 8.42 Å².